The number of pyridine rings is 1. The second kappa shape index (κ2) is 7.93. The van der Waals surface area contributed by atoms with E-state index in [1.807, 2.05) is 24.3 Å². The molecule has 5 rings (SSSR count). The lowest BCUT2D eigenvalue weighted by molar-refractivity contribution is -0.123. The number of nitrogens with one attached hydrogen (secondary N) is 2. The predicted octanol–water partition coefficient (Wildman–Crippen LogP) is 3.31. The fourth-order valence-corrected chi connectivity index (χ4v) is 4.43. The second-order valence-electron chi connectivity index (χ2n) is 8.38. The van der Waals surface area contributed by atoms with Gasteiger partial charge in [-0.15, -0.1) is 0 Å². The highest BCUT2D eigenvalue weighted by molar-refractivity contribution is 6.02. The van der Waals surface area contributed by atoms with Gasteiger partial charge in [-0.3, -0.25) is 14.7 Å². The molecule has 0 spiro atoms. The van der Waals surface area contributed by atoms with Crippen molar-refractivity contribution >= 4 is 23.3 Å². The number of nitriles is 1. The standard InChI is InChI=1S/C24H22N6O2/c25-15-24(19-4-5-19)7-9-30(23(24)32)20-6-8-26-21(12-20)29-22(31)11-16-2-1-3-17(10-16)18-13-27-28-14-18/h1-3,6,8,10,12-14,19H,4-5,7,9,11H2,(H,27,28)(H,26,29,31)/t24-/m1/s1. The van der Waals surface area contributed by atoms with E-state index in [-0.39, 0.29) is 24.2 Å². The van der Waals surface area contributed by atoms with Crippen molar-refractivity contribution in [3.63, 3.8) is 0 Å². The summed E-state index contributed by atoms with van der Waals surface area (Å²) in [5, 5.41) is 19.3. The average molecular weight is 426 g/mol. The molecule has 2 N–H and O–H groups in total. The van der Waals surface area contributed by atoms with Gasteiger partial charge in [-0.25, -0.2) is 4.98 Å². The Morgan fingerprint density at radius 1 is 1.28 bits per heavy atom. The highest BCUT2D eigenvalue weighted by Gasteiger charge is 2.56. The molecule has 2 amide bonds. The van der Waals surface area contributed by atoms with Crippen molar-refractivity contribution in [1.29, 1.82) is 5.26 Å². The summed E-state index contributed by atoms with van der Waals surface area (Å²) in [6, 6.07) is 13.5. The third-order valence-electron chi connectivity index (χ3n) is 6.28. The zero-order chi connectivity index (χ0) is 22.1. The summed E-state index contributed by atoms with van der Waals surface area (Å²) in [6.07, 6.45) is 7.72. The number of aromatic nitrogens is 3. The number of aromatic amines is 1. The van der Waals surface area contributed by atoms with Crippen molar-refractivity contribution < 1.29 is 9.59 Å². The quantitative estimate of drug-likeness (QED) is 0.628. The van der Waals surface area contributed by atoms with Gasteiger partial charge in [0.05, 0.1) is 18.7 Å². The van der Waals surface area contributed by atoms with Crippen LogP contribution in [0.25, 0.3) is 11.1 Å². The second-order valence-corrected chi connectivity index (χ2v) is 8.38. The lowest BCUT2D eigenvalue weighted by Gasteiger charge is -2.21. The van der Waals surface area contributed by atoms with E-state index in [0.717, 1.165) is 29.5 Å². The van der Waals surface area contributed by atoms with Gasteiger partial charge in [0.15, 0.2) is 0 Å². The fourth-order valence-electron chi connectivity index (χ4n) is 4.43. The van der Waals surface area contributed by atoms with Crippen LogP contribution in [0.1, 0.15) is 24.8 Å². The molecule has 0 unspecified atom stereocenters. The molecule has 1 aromatic carbocycles. The molecular formula is C24H22N6O2. The Morgan fingerprint density at radius 3 is 2.91 bits per heavy atom. The van der Waals surface area contributed by atoms with Gasteiger partial charge in [0.1, 0.15) is 11.2 Å². The molecule has 2 aliphatic rings. The van der Waals surface area contributed by atoms with Gasteiger partial charge < -0.3 is 10.2 Å². The topological polar surface area (TPSA) is 115 Å². The lowest BCUT2D eigenvalue weighted by Crippen LogP contribution is -2.35. The normalized spacial score (nSPS) is 20.2. The summed E-state index contributed by atoms with van der Waals surface area (Å²) >= 11 is 0. The van der Waals surface area contributed by atoms with Crippen LogP contribution in [0.2, 0.25) is 0 Å². The number of carbonyl (C=O) groups is 2. The molecule has 1 saturated carbocycles. The van der Waals surface area contributed by atoms with Crippen LogP contribution in [-0.2, 0) is 16.0 Å². The largest absolute Gasteiger partial charge is 0.311 e. The summed E-state index contributed by atoms with van der Waals surface area (Å²) < 4.78 is 0. The van der Waals surface area contributed by atoms with E-state index in [2.05, 4.69) is 26.6 Å². The number of amides is 2. The van der Waals surface area contributed by atoms with Crippen LogP contribution < -0.4 is 10.2 Å². The first kappa shape index (κ1) is 19.9. The van der Waals surface area contributed by atoms with Crippen molar-refractivity contribution in [2.24, 2.45) is 11.3 Å². The number of benzene rings is 1. The minimum atomic E-state index is -0.896. The van der Waals surface area contributed by atoms with Crippen molar-refractivity contribution in [2.75, 3.05) is 16.8 Å². The van der Waals surface area contributed by atoms with E-state index >= 15 is 0 Å². The van der Waals surface area contributed by atoms with Crippen LogP contribution in [0.4, 0.5) is 11.5 Å². The number of H-pyrrole nitrogens is 1. The molecule has 3 heterocycles. The van der Waals surface area contributed by atoms with Crippen molar-refractivity contribution in [3.05, 3.63) is 60.6 Å². The van der Waals surface area contributed by atoms with E-state index in [9.17, 15) is 14.9 Å². The lowest BCUT2D eigenvalue weighted by atomic mass is 9.83. The van der Waals surface area contributed by atoms with E-state index in [1.165, 1.54) is 0 Å². The molecule has 8 heteroatoms. The third-order valence-corrected chi connectivity index (χ3v) is 6.28. The SMILES string of the molecule is N#C[C@@]1(C2CC2)CCN(c2ccnc(NC(=O)Cc3cccc(-c4cn[nH]c4)c3)c2)C1=O. The number of nitrogens with zero attached hydrogens (tertiary/aromatic N) is 4. The van der Waals surface area contributed by atoms with Gasteiger partial charge in [-0.2, -0.15) is 10.4 Å². The van der Waals surface area contributed by atoms with Gasteiger partial charge in [0.2, 0.25) is 11.8 Å². The number of anilines is 2. The Labute approximate surface area is 185 Å². The molecule has 2 fully saturated rings. The van der Waals surface area contributed by atoms with Crippen molar-refractivity contribution in [2.45, 2.75) is 25.7 Å². The van der Waals surface area contributed by atoms with Crippen LogP contribution in [0.5, 0.6) is 0 Å². The smallest absolute Gasteiger partial charge is 0.247 e. The average Bonchev–Trinajstić information content (AvgIpc) is 3.39. The Kier molecular flexibility index (Phi) is 4.94. The summed E-state index contributed by atoms with van der Waals surface area (Å²) in [5.74, 6) is 0.217. The zero-order valence-corrected chi connectivity index (χ0v) is 17.4. The number of hydrogen-bond donors (Lipinski definition) is 2. The maximum atomic E-state index is 13.0. The highest BCUT2D eigenvalue weighted by Crippen LogP contribution is 2.51. The molecule has 32 heavy (non-hydrogen) atoms. The molecule has 0 radical (unpaired) electrons. The molecule has 0 bridgehead atoms. The van der Waals surface area contributed by atoms with Crippen LogP contribution >= 0.6 is 0 Å². The molecule has 3 aromatic rings. The molecule has 1 aliphatic carbocycles. The van der Waals surface area contributed by atoms with Gasteiger partial charge in [0.25, 0.3) is 0 Å². The van der Waals surface area contributed by atoms with Crippen molar-refractivity contribution in [3.8, 4) is 17.2 Å². The van der Waals surface area contributed by atoms with Gasteiger partial charge in [-0.1, -0.05) is 24.3 Å². The summed E-state index contributed by atoms with van der Waals surface area (Å²) in [5.41, 5.74) is 2.56. The molecule has 8 nitrogen and oxygen atoms in total. The first-order valence-electron chi connectivity index (χ1n) is 10.7. The third kappa shape index (κ3) is 3.62. The van der Waals surface area contributed by atoms with E-state index < -0.39 is 5.41 Å². The summed E-state index contributed by atoms with van der Waals surface area (Å²) in [7, 11) is 0. The first-order chi connectivity index (χ1) is 15.6. The Morgan fingerprint density at radius 2 is 2.16 bits per heavy atom. The maximum absolute atomic E-state index is 13.0. The molecule has 160 valence electrons. The van der Waals surface area contributed by atoms with Gasteiger partial charge in [-0.05, 0) is 42.4 Å². The first-order valence-corrected chi connectivity index (χ1v) is 10.7. The molecule has 2 aromatic heterocycles. The number of hydrogen-bond acceptors (Lipinski definition) is 5. The fraction of sp³-hybridized carbons (Fsp3) is 0.292. The van der Waals surface area contributed by atoms with Gasteiger partial charge in [0, 0.05) is 36.3 Å². The molecule has 1 aliphatic heterocycles. The Bertz CT molecular complexity index is 1210. The number of carbonyl (C=O) groups excluding carboxylic acids is 2. The predicted molar refractivity (Wildman–Crippen MR) is 118 cm³/mol. The zero-order valence-electron chi connectivity index (χ0n) is 17.4. The molecule has 1 saturated heterocycles. The minimum Gasteiger partial charge on any atom is -0.311 e. The van der Waals surface area contributed by atoms with E-state index in [4.69, 9.17) is 0 Å². The minimum absolute atomic E-state index is 0.137. The molecular weight excluding hydrogens is 404 g/mol. The molecule has 1 atom stereocenters. The van der Waals surface area contributed by atoms with Crippen LogP contribution in [-0.4, -0.2) is 33.5 Å². The Hall–Kier alpha value is -3.99. The van der Waals surface area contributed by atoms with Crippen molar-refractivity contribution in [1.82, 2.24) is 15.2 Å². The highest BCUT2D eigenvalue weighted by atomic mass is 16.2. The Balaban J connectivity index is 1.28. The van der Waals surface area contributed by atoms with Crippen LogP contribution in [0, 0.1) is 22.7 Å². The van der Waals surface area contributed by atoms with Crippen LogP contribution in [0.3, 0.4) is 0 Å². The van der Waals surface area contributed by atoms with E-state index in [0.29, 0.717) is 24.5 Å². The van der Waals surface area contributed by atoms with Crippen LogP contribution in [0.15, 0.2) is 55.0 Å². The van der Waals surface area contributed by atoms with Gasteiger partial charge >= 0.3 is 0 Å². The monoisotopic (exact) mass is 426 g/mol. The number of rotatable bonds is 6. The maximum Gasteiger partial charge on any atom is 0.247 e. The summed E-state index contributed by atoms with van der Waals surface area (Å²) in [4.78, 5) is 31.5. The summed E-state index contributed by atoms with van der Waals surface area (Å²) in [6.45, 7) is 0.501. The van der Waals surface area contributed by atoms with E-state index in [1.54, 1.807) is 35.6 Å².